The first-order valence-corrected chi connectivity index (χ1v) is 5.98. The molecule has 0 spiro atoms. The molecule has 0 aliphatic heterocycles. The van der Waals surface area contributed by atoms with Crippen LogP contribution >= 0.6 is 11.6 Å². The van der Waals surface area contributed by atoms with E-state index in [-0.39, 0.29) is 10.6 Å². The maximum absolute atomic E-state index is 13.2. The molecule has 0 aliphatic carbocycles. The molecule has 0 unspecified atom stereocenters. The fraction of sp³-hybridized carbons (Fsp3) is 0. The molecule has 0 saturated carbocycles. The van der Waals surface area contributed by atoms with Gasteiger partial charge in [0.2, 0.25) is 0 Å². The number of carboxylic acid groups (broad SMARTS) is 1. The number of carbonyl (C=O) groups is 1. The maximum Gasteiger partial charge on any atom is 0.335 e. The van der Waals surface area contributed by atoms with Crippen LogP contribution in [-0.2, 0) is 0 Å². The van der Waals surface area contributed by atoms with Crippen molar-refractivity contribution in [1.82, 2.24) is 15.0 Å². The Morgan fingerprint density at radius 3 is 2.75 bits per heavy atom. The van der Waals surface area contributed by atoms with Gasteiger partial charge in [-0.15, -0.1) is 5.10 Å². The fourth-order valence-corrected chi connectivity index (χ4v) is 2.03. The van der Waals surface area contributed by atoms with Gasteiger partial charge in [-0.3, -0.25) is 0 Å². The van der Waals surface area contributed by atoms with Gasteiger partial charge in [0.05, 0.1) is 21.8 Å². The third-order valence-electron chi connectivity index (χ3n) is 2.84. The summed E-state index contributed by atoms with van der Waals surface area (Å²) in [6, 6.07) is 8.57. The Bertz CT molecular complexity index is 832. The van der Waals surface area contributed by atoms with Gasteiger partial charge in [0.1, 0.15) is 11.3 Å². The number of halogens is 2. The Kier molecular flexibility index (Phi) is 2.87. The van der Waals surface area contributed by atoms with Crippen LogP contribution in [0.4, 0.5) is 4.39 Å². The SMILES string of the molecule is O=C(O)c1ccc2nnn(-c3ccc(F)c(Cl)c3)c2c1. The van der Waals surface area contributed by atoms with Gasteiger partial charge in [-0.2, -0.15) is 0 Å². The van der Waals surface area contributed by atoms with Crippen LogP contribution in [-0.4, -0.2) is 26.1 Å². The van der Waals surface area contributed by atoms with Crippen molar-refractivity contribution >= 4 is 28.6 Å². The van der Waals surface area contributed by atoms with Gasteiger partial charge < -0.3 is 5.11 Å². The highest BCUT2D eigenvalue weighted by molar-refractivity contribution is 6.30. The van der Waals surface area contributed by atoms with Crippen molar-refractivity contribution in [3.05, 3.63) is 52.8 Å². The molecule has 0 radical (unpaired) electrons. The summed E-state index contributed by atoms with van der Waals surface area (Å²) in [7, 11) is 0. The Morgan fingerprint density at radius 1 is 1.25 bits per heavy atom. The summed E-state index contributed by atoms with van der Waals surface area (Å²) in [6.07, 6.45) is 0. The zero-order valence-electron chi connectivity index (χ0n) is 9.92. The second-order valence-electron chi connectivity index (χ2n) is 4.11. The standard InChI is InChI=1S/C13H7ClFN3O2/c14-9-6-8(2-3-10(9)15)18-12-5-7(13(19)20)1-4-11(12)16-17-18/h1-6H,(H,19,20). The maximum atomic E-state index is 13.2. The van der Waals surface area contributed by atoms with E-state index in [9.17, 15) is 9.18 Å². The smallest absolute Gasteiger partial charge is 0.335 e. The molecule has 1 aromatic heterocycles. The van der Waals surface area contributed by atoms with E-state index in [1.807, 2.05) is 0 Å². The predicted molar refractivity (Wildman–Crippen MR) is 70.8 cm³/mol. The Balaban J connectivity index is 2.22. The summed E-state index contributed by atoms with van der Waals surface area (Å²) < 4.78 is 14.6. The van der Waals surface area contributed by atoms with Crippen LogP contribution in [0.1, 0.15) is 10.4 Å². The number of benzene rings is 2. The highest BCUT2D eigenvalue weighted by Crippen LogP contribution is 2.22. The molecule has 100 valence electrons. The molecular formula is C13H7ClFN3O2. The molecular weight excluding hydrogens is 285 g/mol. The topological polar surface area (TPSA) is 68.0 Å². The highest BCUT2D eigenvalue weighted by Gasteiger charge is 2.11. The fourth-order valence-electron chi connectivity index (χ4n) is 1.86. The third-order valence-corrected chi connectivity index (χ3v) is 3.13. The molecule has 20 heavy (non-hydrogen) atoms. The summed E-state index contributed by atoms with van der Waals surface area (Å²) >= 11 is 5.73. The molecule has 0 bridgehead atoms. The minimum absolute atomic E-state index is 0.0412. The molecule has 0 aliphatic rings. The minimum atomic E-state index is -1.04. The normalized spacial score (nSPS) is 10.9. The molecule has 3 rings (SSSR count). The first-order valence-electron chi connectivity index (χ1n) is 5.60. The minimum Gasteiger partial charge on any atom is -0.478 e. The van der Waals surface area contributed by atoms with E-state index in [0.29, 0.717) is 16.7 Å². The molecule has 5 nitrogen and oxygen atoms in total. The lowest BCUT2D eigenvalue weighted by molar-refractivity contribution is 0.0697. The Labute approximate surface area is 117 Å². The molecule has 0 saturated heterocycles. The van der Waals surface area contributed by atoms with Crippen LogP contribution in [0.25, 0.3) is 16.7 Å². The van der Waals surface area contributed by atoms with E-state index in [1.165, 1.54) is 35.0 Å². The van der Waals surface area contributed by atoms with Crippen molar-refractivity contribution in [2.45, 2.75) is 0 Å². The third kappa shape index (κ3) is 2.00. The number of rotatable bonds is 2. The van der Waals surface area contributed by atoms with Crippen LogP contribution in [0.2, 0.25) is 5.02 Å². The van der Waals surface area contributed by atoms with Gasteiger partial charge in [-0.1, -0.05) is 16.8 Å². The predicted octanol–water partition coefficient (Wildman–Crippen LogP) is 2.91. The zero-order valence-corrected chi connectivity index (χ0v) is 10.7. The van der Waals surface area contributed by atoms with Crippen molar-refractivity contribution in [1.29, 1.82) is 0 Å². The van der Waals surface area contributed by atoms with Gasteiger partial charge in [0.25, 0.3) is 0 Å². The van der Waals surface area contributed by atoms with Gasteiger partial charge in [0.15, 0.2) is 0 Å². The second-order valence-corrected chi connectivity index (χ2v) is 4.52. The molecule has 1 heterocycles. The van der Waals surface area contributed by atoms with Crippen LogP contribution in [0, 0.1) is 5.82 Å². The van der Waals surface area contributed by atoms with E-state index in [4.69, 9.17) is 16.7 Å². The lowest BCUT2D eigenvalue weighted by Gasteiger charge is -2.03. The summed E-state index contributed by atoms with van der Waals surface area (Å²) in [5.41, 5.74) is 1.67. The lowest BCUT2D eigenvalue weighted by atomic mass is 10.2. The molecule has 0 fully saturated rings. The largest absolute Gasteiger partial charge is 0.478 e. The van der Waals surface area contributed by atoms with Gasteiger partial charge in [-0.05, 0) is 36.4 Å². The van der Waals surface area contributed by atoms with Crippen molar-refractivity contribution in [2.75, 3.05) is 0 Å². The number of aromatic nitrogens is 3. The van der Waals surface area contributed by atoms with E-state index in [0.717, 1.165) is 0 Å². The highest BCUT2D eigenvalue weighted by atomic mass is 35.5. The molecule has 3 aromatic rings. The first-order chi connectivity index (χ1) is 9.56. The van der Waals surface area contributed by atoms with Gasteiger partial charge >= 0.3 is 5.97 Å². The zero-order chi connectivity index (χ0) is 14.3. The Hall–Kier alpha value is -2.47. The molecule has 7 heteroatoms. The van der Waals surface area contributed by atoms with E-state index >= 15 is 0 Å². The molecule has 1 N–H and O–H groups in total. The van der Waals surface area contributed by atoms with Gasteiger partial charge in [0, 0.05) is 0 Å². The average molecular weight is 292 g/mol. The number of aromatic carboxylic acids is 1. The van der Waals surface area contributed by atoms with Crippen LogP contribution in [0.15, 0.2) is 36.4 Å². The number of fused-ring (bicyclic) bond motifs is 1. The van der Waals surface area contributed by atoms with E-state index in [2.05, 4.69) is 10.3 Å². The van der Waals surface area contributed by atoms with Crippen molar-refractivity contribution in [3.63, 3.8) is 0 Å². The van der Waals surface area contributed by atoms with Crippen molar-refractivity contribution in [2.24, 2.45) is 0 Å². The monoisotopic (exact) mass is 291 g/mol. The summed E-state index contributed by atoms with van der Waals surface area (Å²) in [5.74, 6) is -1.58. The molecule has 2 aromatic carbocycles. The van der Waals surface area contributed by atoms with E-state index < -0.39 is 11.8 Å². The quantitative estimate of drug-likeness (QED) is 0.788. The average Bonchev–Trinajstić information content (AvgIpc) is 2.84. The number of hydrogen-bond donors (Lipinski definition) is 1. The summed E-state index contributed by atoms with van der Waals surface area (Å²) in [6.45, 7) is 0. The summed E-state index contributed by atoms with van der Waals surface area (Å²) in [5, 5.41) is 16.8. The lowest BCUT2D eigenvalue weighted by Crippen LogP contribution is -1.99. The number of hydrogen-bond acceptors (Lipinski definition) is 3. The second kappa shape index (κ2) is 4.57. The molecule has 0 amide bonds. The number of carboxylic acids is 1. The first kappa shape index (κ1) is 12.6. The number of nitrogens with zero attached hydrogens (tertiary/aromatic N) is 3. The summed E-state index contributed by atoms with van der Waals surface area (Å²) in [4.78, 5) is 11.0. The van der Waals surface area contributed by atoms with Gasteiger partial charge in [-0.25, -0.2) is 13.9 Å². The van der Waals surface area contributed by atoms with Crippen LogP contribution < -0.4 is 0 Å². The van der Waals surface area contributed by atoms with Crippen molar-refractivity contribution in [3.8, 4) is 5.69 Å². The van der Waals surface area contributed by atoms with Crippen LogP contribution in [0.5, 0.6) is 0 Å². The van der Waals surface area contributed by atoms with Crippen molar-refractivity contribution < 1.29 is 14.3 Å². The van der Waals surface area contributed by atoms with Crippen LogP contribution in [0.3, 0.4) is 0 Å². The molecule has 0 atom stereocenters. The Morgan fingerprint density at radius 2 is 2.05 bits per heavy atom. The van der Waals surface area contributed by atoms with E-state index in [1.54, 1.807) is 6.07 Å².